The first kappa shape index (κ1) is 15.0. The predicted octanol–water partition coefficient (Wildman–Crippen LogP) is 4.37. The lowest BCUT2D eigenvalue weighted by atomic mass is 9.98. The first-order valence-corrected chi connectivity index (χ1v) is 8.05. The highest BCUT2D eigenvalue weighted by Gasteiger charge is 2.17. The lowest BCUT2D eigenvalue weighted by Crippen LogP contribution is -2.17. The summed E-state index contributed by atoms with van der Waals surface area (Å²) in [6.45, 7) is 3.11. The van der Waals surface area contributed by atoms with Gasteiger partial charge < -0.3 is 10.1 Å². The van der Waals surface area contributed by atoms with E-state index in [4.69, 9.17) is 4.74 Å². The van der Waals surface area contributed by atoms with Crippen LogP contribution in [0.4, 0.5) is 0 Å². The SMILES string of the molecule is CNC(CCCC1CCCO1)c1cc(C)ccc1Br. The van der Waals surface area contributed by atoms with Gasteiger partial charge in [0.2, 0.25) is 0 Å². The fourth-order valence-corrected chi connectivity index (χ4v) is 3.33. The molecule has 1 heterocycles. The number of halogens is 1. The molecule has 1 aliphatic rings. The van der Waals surface area contributed by atoms with Gasteiger partial charge in [0, 0.05) is 17.1 Å². The van der Waals surface area contributed by atoms with E-state index >= 15 is 0 Å². The van der Waals surface area contributed by atoms with E-state index in [0.717, 1.165) is 6.61 Å². The van der Waals surface area contributed by atoms with Crippen LogP contribution < -0.4 is 5.32 Å². The third-order valence-electron chi connectivity index (χ3n) is 3.92. The predicted molar refractivity (Wildman–Crippen MR) is 83.5 cm³/mol. The number of nitrogens with one attached hydrogen (secondary N) is 1. The van der Waals surface area contributed by atoms with Crippen LogP contribution in [0.3, 0.4) is 0 Å². The van der Waals surface area contributed by atoms with Crippen molar-refractivity contribution in [3.8, 4) is 0 Å². The number of rotatable bonds is 6. The smallest absolute Gasteiger partial charge is 0.0576 e. The van der Waals surface area contributed by atoms with Crippen molar-refractivity contribution in [3.63, 3.8) is 0 Å². The van der Waals surface area contributed by atoms with Crippen LogP contribution in [-0.2, 0) is 4.74 Å². The zero-order valence-electron chi connectivity index (χ0n) is 11.9. The van der Waals surface area contributed by atoms with Crippen molar-refractivity contribution in [2.75, 3.05) is 13.7 Å². The highest BCUT2D eigenvalue weighted by Crippen LogP contribution is 2.29. The van der Waals surface area contributed by atoms with Gasteiger partial charge in [-0.3, -0.25) is 0 Å². The second-order valence-electron chi connectivity index (χ2n) is 5.43. The molecule has 2 atom stereocenters. The summed E-state index contributed by atoms with van der Waals surface area (Å²) in [6, 6.07) is 7.00. The maximum Gasteiger partial charge on any atom is 0.0576 e. The molecule has 2 unspecified atom stereocenters. The third-order valence-corrected chi connectivity index (χ3v) is 4.64. The van der Waals surface area contributed by atoms with Crippen LogP contribution in [0.25, 0.3) is 0 Å². The molecule has 1 aromatic carbocycles. The van der Waals surface area contributed by atoms with E-state index in [-0.39, 0.29) is 0 Å². The molecule has 3 heteroatoms. The molecular formula is C16H24BrNO. The summed E-state index contributed by atoms with van der Waals surface area (Å²) in [6.07, 6.45) is 6.58. The van der Waals surface area contributed by atoms with E-state index < -0.39 is 0 Å². The van der Waals surface area contributed by atoms with Crippen molar-refractivity contribution in [3.05, 3.63) is 33.8 Å². The van der Waals surface area contributed by atoms with Crippen LogP contribution in [-0.4, -0.2) is 19.8 Å². The highest BCUT2D eigenvalue weighted by molar-refractivity contribution is 9.10. The topological polar surface area (TPSA) is 21.3 Å². The van der Waals surface area contributed by atoms with Crippen LogP contribution in [0.1, 0.15) is 49.3 Å². The van der Waals surface area contributed by atoms with E-state index in [1.54, 1.807) is 0 Å². The zero-order chi connectivity index (χ0) is 13.7. The molecule has 0 bridgehead atoms. The summed E-state index contributed by atoms with van der Waals surface area (Å²) in [4.78, 5) is 0. The summed E-state index contributed by atoms with van der Waals surface area (Å²) < 4.78 is 6.89. The molecule has 0 radical (unpaired) electrons. The van der Waals surface area contributed by atoms with E-state index in [1.165, 1.54) is 47.7 Å². The zero-order valence-corrected chi connectivity index (χ0v) is 13.5. The minimum atomic E-state index is 0.427. The molecule has 106 valence electrons. The number of aryl methyl sites for hydroxylation is 1. The Balaban J connectivity index is 1.89. The molecule has 0 spiro atoms. The molecule has 0 saturated carbocycles. The molecule has 2 rings (SSSR count). The normalized spacial score (nSPS) is 20.7. The van der Waals surface area contributed by atoms with E-state index in [9.17, 15) is 0 Å². The minimum absolute atomic E-state index is 0.427. The van der Waals surface area contributed by atoms with Crippen molar-refractivity contribution in [2.45, 2.75) is 51.2 Å². The van der Waals surface area contributed by atoms with Gasteiger partial charge in [0.15, 0.2) is 0 Å². The number of benzene rings is 1. The fourth-order valence-electron chi connectivity index (χ4n) is 2.81. The number of hydrogen-bond donors (Lipinski definition) is 1. The Hall–Kier alpha value is -0.380. The molecular weight excluding hydrogens is 302 g/mol. The molecule has 1 aliphatic heterocycles. The maximum atomic E-state index is 5.69. The van der Waals surface area contributed by atoms with E-state index in [2.05, 4.69) is 46.4 Å². The summed E-state index contributed by atoms with van der Waals surface area (Å²) in [5.41, 5.74) is 2.69. The second-order valence-corrected chi connectivity index (χ2v) is 6.29. The molecule has 1 aromatic rings. The second kappa shape index (κ2) is 7.41. The molecule has 2 nitrogen and oxygen atoms in total. The minimum Gasteiger partial charge on any atom is -0.378 e. The third kappa shape index (κ3) is 4.30. The Bertz CT molecular complexity index is 402. The van der Waals surface area contributed by atoms with Gasteiger partial charge in [-0.05, 0) is 57.7 Å². The van der Waals surface area contributed by atoms with Crippen LogP contribution in [0.5, 0.6) is 0 Å². The molecule has 0 aliphatic carbocycles. The lowest BCUT2D eigenvalue weighted by molar-refractivity contribution is 0.101. The highest BCUT2D eigenvalue weighted by atomic mass is 79.9. The van der Waals surface area contributed by atoms with Crippen LogP contribution in [0, 0.1) is 6.92 Å². The van der Waals surface area contributed by atoms with Gasteiger partial charge >= 0.3 is 0 Å². The van der Waals surface area contributed by atoms with Crippen molar-refractivity contribution >= 4 is 15.9 Å². The molecule has 1 fully saturated rings. The molecule has 1 N–H and O–H groups in total. The van der Waals surface area contributed by atoms with Gasteiger partial charge in [-0.1, -0.05) is 33.6 Å². The van der Waals surface area contributed by atoms with Crippen LogP contribution in [0.15, 0.2) is 22.7 Å². The average Bonchev–Trinajstić information content (AvgIpc) is 2.91. The lowest BCUT2D eigenvalue weighted by Gasteiger charge is -2.19. The summed E-state index contributed by atoms with van der Waals surface area (Å²) in [7, 11) is 2.05. The van der Waals surface area contributed by atoms with Gasteiger partial charge in [0.05, 0.1) is 6.10 Å². The summed E-state index contributed by atoms with van der Waals surface area (Å²) in [5.74, 6) is 0. The number of hydrogen-bond acceptors (Lipinski definition) is 2. The maximum absolute atomic E-state index is 5.69. The van der Waals surface area contributed by atoms with Gasteiger partial charge in [0.25, 0.3) is 0 Å². The van der Waals surface area contributed by atoms with E-state index in [0.29, 0.717) is 12.1 Å². The van der Waals surface area contributed by atoms with Crippen LogP contribution in [0.2, 0.25) is 0 Å². The summed E-state index contributed by atoms with van der Waals surface area (Å²) in [5, 5.41) is 3.44. The van der Waals surface area contributed by atoms with E-state index in [1.807, 2.05) is 7.05 Å². The Morgan fingerprint density at radius 3 is 3.00 bits per heavy atom. The van der Waals surface area contributed by atoms with Crippen molar-refractivity contribution < 1.29 is 4.74 Å². The molecule has 19 heavy (non-hydrogen) atoms. The van der Waals surface area contributed by atoms with Gasteiger partial charge in [-0.15, -0.1) is 0 Å². The largest absolute Gasteiger partial charge is 0.378 e. The van der Waals surface area contributed by atoms with Gasteiger partial charge in [-0.25, -0.2) is 0 Å². The van der Waals surface area contributed by atoms with Gasteiger partial charge in [-0.2, -0.15) is 0 Å². The fraction of sp³-hybridized carbons (Fsp3) is 0.625. The molecule has 0 amide bonds. The summed E-state index contributed by atoms with van der Waals surface area (Å²) >= 11 is 3.67. The average molecular weight is 326 g/mol. The first-order valence-electron chi connectivity index (χ1n) is 7.25. The number of ether oxygens (including phenoxy) is 1. The Morgan fingerprint density at radius 1 is 1.47 bits per heavy atom. The van der Waals surface area contributed by atoms with Gasteiger partial charge in [0.1, 0.15) is 0 Å². The Kier molecular flexibility index (Phi) is 5.86. The van der Waals surface area contributed by atoms with Crippen molar-refractivity contribution in [1.29, 1.82) is 0 Å². The Morgan fingerprint density at radius 2 is 2.32 bits per heavy atom. The quantitative estimate of drug-likeness (QED) is 0.838. The van der Waals surface area contributed by atoms with Crippen molar-refractivity contribution in [1.82, 2.24) is 5.32 Å². The van der Waals surface area contributed by atoms with Crippen LogP contribution >= 0.6 is 15.9 Å². The monoisotopic (exact) mass is 325 g/mol. The standard InChI is InChI=1S/C16H24BrNO/c1-12-8-9-15(17)14(11-12)16(18-2)7-3-5-13-6-4-10-19-13/h8-9,11,13,16,18H,3-7,10H2,1-2H3. The first-order chi connectivity index (χ1) is 9.20. The molecule has 1 saturated heterocycles. The molecule has 0 aromatic heterocycles. The van der Waals surface area contributed by atoms with Crippen molar-refractivity contribution in [2.24, 2.45) is 0 Å². The Labute approximate surface area is 125 Å².